The van der Waals surface area contributed by atoms with Crippen LogP contribution in [-0.2, 0) is 0 Å². The zero-order valence-electron chi connectivity index (χ0n) is 11.6. The molecule has 21 heavy (non-hydrogen) atoms. The highest BCUT2D eigenvalue weighted by Crippen LogP contribution is 2.19. The highest BCUT2D eigenvalue weighted by molar-refractivity contribution is 6.34. The molecule has 1 aromatic rings. The number of amides is 1. The molecule has 0 aromatic carbocycles. The normalized spacial score (nSPS) is 17.3. The largest absolute Gasteiger partial charge is 0.336 e. The molecule has 1 atom stereocenters. The number of hydrogen-bond donors (Lipinski definition) is 0. The maximum atomic E-state index is 12.4. The van der Waals surface area contributed by atoms with Crippen LogP contribution in [0.3, 0.4) is 0 Å². The van der Waals surface area contributed by atoms with Crippen molar-refractivity contribution < 1.29 is 4.79 Å². The molecule has 2 rings (SSSR count). The molecule has 1 amide bonds. The highest BCUT2D eigenvalue weighted by atomic mass is 35.5. The number of carbonyl (C=O) groups is 1. The van der Waals surface area contributed by atoms with Crippen LogP contribution >= 0.6 is 23.2 Å². The molecule has 0 radical (unpaired) electrons. The topological polar surface area (TPSA) is 73.1 Å². The molecule has 0 N–H and O–H groups in total. The van der Waals surface area contributed by atoms with Crippen molar-refractivity contribution in [3.63, 3.8) is 0 Å². The van der Waals surface area contributed by atoms with Crippen LogP contribution in [0.2, 0.25) is 10.3 Å². The van der Waals surface area contributed by atoms with E-state index in [9.17, 15) is 4.79 Å². The Bertz CT molecular complexity index is 566. The molecule has 0 aliphatic carbocycles. The maximum Gasteiger partial charge on any atom is 0.257 e. The van der Waals surface area contributed by atoms with E-state index in [1.54, 1.807) is 4.90 Å². The summed E-state index contributed by atoms with van der Waals surface area (Å²) in [5, 5.41) is 16.5. The quantitative estimate of drug-likeness (QED) is 0.846. The summed E-state index contributed by atoms with van der Waals surface area (Å²) in [4.78, 5) is 16.2. The van der Waals surface area contributed by atoms with Crippen LogP contribution < -0.4 is 0 Å². The van der Waals surface area contributed by atoms with E-state index in [4.69, 9.17) is 28.5 Å². The lowest BCUT2D eigenvalue weighted by molar-refractivity contribution is 0.0604. The van der Waals surface area contributed by atoms with Gasteiger partial charge in [0.2, 0.25) is 0 Å². The second-order valence-corrected chi connectivity index (χ2v) is 5.50. The average Bonchev–Trinajstić information content (AvgIpc) is 2.51. The lowest BCUT2D eigenvalue weighted by Crippen LogP contribution is -2.51. The van der Waals surface area contributed by atoms with Gasteiger partial charge in [0.15, 0.2) is 10.3 Å². The number of nitrogens with zero attached hydrogens (tertiary/aromatic N) is 5. The molecule has 1 aromatic heterocycles. The number of halogens is 2. The molecule has 1 aliphatic heterocycles. The van der Waals surface area contributed by atoms with Gasteiger partial charge in [0, 0.05) is 26.2 Å². The van der Waals surface area contributed by atoms with E-state index in [0.29, 0.717) is 26.2 Å². The smallest absolute Gasteiger partial charge is 0.257 e. The van der Waals surface area contributed by atoms with Crippen molar-refractivity contribution in [3.05, 3.63) is 21.9 Å². The Kier molecular flexibility index (Phi) is 5.34. The Morgan fingerprint density at radius 3 is 2.62 bits per heavy atom. The molecule has 8 heteroatoms. The summed E-state index contributed by atoms with van der Waals surface area (Å²) in [6, 6.07) is 3.61. The molecule has 1 saturated heterocycles. The van der Waals surface area contributed by atoms with E-state index in [0.717, 1.165) is 6.42 Å². The number of piperazine rings is 1. The molecule has 1 aliphatic rings. The van der Waals surface area contributed by atoms with Crippen LogP contribution in [0.5, 0.6) is 0 Å². The van der Waals surface area contributed by atoms with Crippen LogP contribution in [0.15, 0.2) is 6.07 Å². The Hall–Kier alpha value is -1.42. The molecule has 2 heterocycles. The van der Waals surface area contributed by atoms with Gasteiger partial charge in [0.25, 0.3) is 5.91 Å². The van der Waals surface area contributed by atoms with Gasteiger partial charge in [0.1, 0.15) is 0 Å². The lowest BCUT2D eigenvalue weighted by Gasteiger charge is -2.36. The van der Waals surface area contributed by atoms with Gasteiger partial charge in [-0.3, -0.25) is 9.69 Å². The van der Waals surface area contributed by atoms with Gasteiger partial charge in [-0.15, -0.1) is 10.2 Å². The molecule has 1 unspecified atom stereocenters. The van der Waals surface area contributed by atoms with Crippen LogP contribution in [0.25, 0.3) is 0 Å². The number of nitriles is 1. The van der Waals surface area contributed by atoms with Crippen molar-refractivity contribution in [2.75, 3.05) is 26.2 Å². The number of aromatic nitrogens is 2. The van der Waals surface area contributed by atoms with Crippen molar-refractivity contribution >= 4 is 29.1 Å². The van der Waals surface area contributed by atoms with Crippen LogP contribution in [0.4, 0.5) is 0 Å². The molecule has 6 nitrogen and oxygen atoms in total. The van der Waals surface area contributed by atoms with Gasteiger partial charge in [-0.05, 0) is 12.5 Å². The van der Waals surface area contributed by atoms with E-state index in [1.807, 2.05) is 6.92 Å². The monoisotopic (exact) mass is 327 g/mol. The number of carbonyl (C=O) groups excluding carboxylic acids is 1. The zero-order chi connectivity index (χ0) is 15.4. The molecular formula is C13H15Cl2N5O. The zero-order valence-corrected chi connectivity index (χ0v) is 13.1. The summed E-state index contributed by atoms with van der Waals surface area (Å²) < 4.78 is 0. The molecule has 0 saturated carbocycles. The first-order chi connectivity index (χ1) is 10.1. The summed E-state index contributed by atoms with van der Waals surface area (Å²) in [7, 11) is 0. The number of hydrogen-bond acceptors (Lipinski definition) is 5. The van der Waals surface area contributed by atoms with E-state index in [-0.39, 0.29) is 27.8 Å². The van der Waals surface area contributed by atoms with Crippen LogP contribution in [0, 0.1) is 11.3 Å². The first kappa shape index (κ1) is 16.0. The van der Waals surface area contributed by atoms with Crippen LogP contribution in [-0.4, -0.2) is 58.1 Å². The second kappa shape index (κ2) is 7.03. The van der Waals surface area contributed by atoms with Crippen molar-refractivity contribution in [2.24, 2.45) is 0 Å². The fourth-order valence-corrected chi connectivity index (χ4v) is 2.66. The lowest BCUT2D eigenvalue weighted by atomic mass is 10.1. The summed E-state index contributed by atoms with van der Waals surface area (Å²) in [5.74, 6) is -0.207. The van der Waals surface area contributed by atoms with Gasteiger partial charge in [-0.1, -0.05) is 30.1 Å². The minimum absolute atomic E-state index is 0.0512. The van der Waals surface area contributed by atoms with E-state index < -0.39 is 0 Å². The Labute approximate surface area is 133 Å². The third-order valence-corrected chi connectivity index (χ3v) is 3.99. The van der Waals surface area contributed by atoms with Gasteiger partial charge in [-0.2, -0.15) is 5.26 Å². The van der Waals surface area contributed by atoms with E-state index in [2.05, 4.69) is 21.2 Å². The molecule has 0 bridgehead atoms. The van der Waals surface area contributed by atoms with Crippen molar-refractivity contribution in [2.45, 2.75) is 19.4 Å². The third kappa shape index (κ3) is 3.62. The predicted molar refractivity (Wildman–Crippen MR) is 79.2 cm³/mol. The first-order valence-electron chi connectivity index (χ1n) is 6.68. The van der Waals surface area contributed by atoms with Gasteiger partial charge in [0.05, 0.1) is 17.7 Å². The average molecular weight is 328 g/mol. The van der Waals surface area contributed by atoms with Gasteiger partial charge < -0.3 is 4.90 Å². The second-order valence-electron chi connectivity index (χ2n) is 4.75. The first-order valence-corrected chi connectivity index (χ1v) is 7.44. The minimum Gasteiger partial charge on any atom is -0.336 e. The van der Waals surface area contributed by atoms with Gasteiger partial charge in [-0.25, -0.2) is 0 Å². The molecule has 1 fully saturated rings. The summed E-state index contributed by atoms with van der Waals surface area (Å²) >= 11 is 11.7. The summed E-state index contributed by atoms with van der Waals surface area (Å²) in [6.07, 6.45) is 0.778. The van der Waals surface area contributed by atoms with Crippen molar-refractivity contribution in [1.82, 2.24) is 20.0 Å². The minimum atomic E-state index is -0.207. The Morgan fingerprint density at radius 2 is 2.05 bits per heavy atom. The Balaban J connectivity index is 2.04. The van der Waals surface area contributed by atoms with E-state index in [1.165, 1.54) is 6.07 Å². The van der Waals surface area contributed by atoms with Crippen molar-refractivity contribution in [1.29, 1.82) is 5.26 Å². The fraction of sp³-hybridized carbons (Fsp3) is 0.538. The maximum absolute atomic E-state index is 12.4. The standard InChI is InChI=1S/C13H15Cl2N5O/c1-2-9(8-16)19-3-5-20(6-4-19)13(21)10-7-11(14)17-18-12(10)15/h7,9H,2-6H2,1H3. The van der Waals surface area contributed by atoms with Crippen molar-refractivity contribution in [3.8, 4) is 6.07 Å². The van der Waals surface area contributed by atoms with Gasteiger partial charge >= 0.3 is 0 Å². The Morgan fingerprint density at radius 1 is 1.38 bits per heavy atom. The summed E-state index contributed by atoms with van der Waals surface area (Å²) in [5.41, 5.74) is 0.262. The van der Waals surface area contributed by atoms with E-state index >= 15 is 0 Å². The SMILES string of the molecule is CCC(C#N)N1CCN(C(=O)c2cc(Cl)nnc2Cl)CC1. The fourth-order valence-electron chi connectivity index (χ4n) is 2.34. The highest BCUT2D eigenvalue weighted by Gasteiger charge is 2.27. The van der Waals surface area contributed by atoms with Crippen LogP contribution in [0.1, 0.15) is 23.7 Å². The molecular weight excluding hydrogens is 313 g/mol. The summed E-state index contributed by atoms with van der Waals surface area (Å²) in [6.45, 7) is 4.42. The molecule has 0 spiro atoms. The number of rotatable bonds is 3. The predicted octanol–water partition coefficient (Wildman–Crippen LogP) is 1.84. The third-order valence-electron chi connectivity index (χ3n) is 3.53. The molecule has 112 valence electrons.